The largest absolute Gasteiger partial charge is 0.495 e. The monoisotopic (exact) mass is 269 g/mol. The van der Waals surface area contributed by atoms with Crippen LogP contribution in [-0.4, -0.2) is 27.8 Å². The molecule has 0 saturated heterocycles. The molecule has 1 aromatic rings. The van der Waals surface area contributed by atoms with Crippen LogP contribution < -0.4 is 10.1 Å². The highest BCUT2D eigenvalue weighted by atomic mass is 32.2. The maximum atomic E-state index is 12.3. The van der Waals surface area contributed by atoms with Gasteiger partial charge in [0.15, 0.2) is 9.84 Å². The Balaban J connectivity index is 2.62. The molecule has 1 aliphatic rings. The second kappa shape index (κ2) is 5.28. The van der Waals surface area contributed by atoms with Crippen molar-refractivity contribution in [1.82, 2.24) is 5.32 Å². The Morgan fingerprint density at radius 1 is 1.44 bits per heavy atom. The summed E-state index contributed by atoms with van der Waals surface area (Å²) in [7, 11) is -1.73. The van der Waals surface area contributed by atoms with E-state index in [0.717, 1.165) is 18.5 Å². The summed E-state index contributed by atoms with van der Waals surface area (Å²) >= 11 is 0. The number of hydrogen-bond donors (Lipinski definition) is 1. The van der Waals surface area contributed by atoms with E-state index in [1.807, 2.05) is 19.1 Å². The van der Waals surface area contributed by atoms with Crippen molar-refractivity contribution in [2.75, 3.05) is 19.4 Å². The van der Waals surface area contributed by atoms with Crippen LogP contribution >= 0.6 is 0 Å². The van der Waals surface area contributed by atoms with Crippen molar-refractivity contribution < 1.29 is 13.2 Å². The molecule has 0 aromatic heterocycles. The van der Waals surface area contributed by atoms with Crippen molar-refractivity contribution in [3.8, 4) is 5.75 Å². The summed E-state index contributed by atoms with van der Waals surface area (Å²) in [5.74, 6) is 0.653. The van der Waals surface area contributed by atoms with E-state index in [0.29, 0.717) is 17.1 Å². The molecule has 0 bridgehead atoms. The number of ether oxygens (including phenoxy) is 1. The van der Waals surface area contributed by atoms with Gasteiger partial charge in [-0.05, 0) is 31.0 Å². The molecule has 0 saturated carbocycles. The van der Waals surface area contributed by atoms with Crippen molar-refractivity contribution in [1.29, 1.82) is 0 Å². The molecule has 0 radical (unpaired) electrons. The fourth-order valence-electron chi connectivity index (χ4n) is 2.49. The lowest BCUT2D eigenvalue weighted by atomic mass is 10.0. The molecular formula is C13H19NO3S. The van der Waals surface area contributed by atoms with Gasteiger partial charge in [-0.15, -0.1) is 0 Å². The number of sulfone groups is 1. The minimum atomic E-state index is -3.24. The second-order valence-corrected chi connectivity index (χ2v) is 6.50. The zero-order valence-electron chi connectivity index (χ0n) is 10.8. The third kappa shape index (κ3) is 2.37. The van der Waals surface area contributed by atoms with Crippen LogP contribution in [0.25, 0.3) is 0 Å². The Morgan fingerprint density at radius 3 is 2.89 bits per heavy atom. The maximum absolute atomic E-state index is 12.3. The van der Waals surface area contributed by atoms with Crippen LogP contribution in [0, 0.1) is 0 Å². The first-order chi connectivity index (χ1) is 8.60. The fraction of sp³-hybridized carbons (Fsp3) is 0.538. The third-order valence-corrected chi connectivity index (χ3v) is 5.16. The smallest absolute Gasteiger partial charge is 0.182 e. The first-order valence-corrected chi connectivity index (χ1v) is 7.88. The van der Waals surface area contributed by atoms with Crippen LogP contribution in [0.5, 0.6) is 5.75 Å². The quantitative estimate of drug-likeness (QED) is 0.910. The van der Waals surface area contributed by atoms with E-state index in [1.54, 1.807) is 6.07 Å². The van der Waals surface area contributed by atoms with Crippen LogP contribution in [0.2, 0.25) is 0 Å². The number of methoxy groups -OCH3 is 1. The van der Waals surface area contributed by atoms with Crippen LogP contribution in [0.15, 0.2) is 23.1 Å². The number of rotatable bonds is 3. The normalized spacial score (nSPS) is 22.0. The minimum absolute atomic E-state index is 0.0948. The lowest BCUT2D eigenvalue weighted by molar-refractivity contribution is 0.399. The van der Waals surface area contributed by atoms with E-state index < -0.39 is 9.84 Å². The van der Waals surface area contributed by atoms with Gasteiger partial charge in [-0.3, -0.25) is 0 Å². The van der Waals surface area contributed by atoms with Crippen molar-refractivity contribution >= 4 is 9.84 Å². The zero-order valence-corrected chi connectivity index (χ0v) is 11.6. The van der Waals surface area contributed by atoms with Gasteiger partial charge in [0.2, 0.25) is 0 Å². The first kappa shape index (κ1) is 13.4. The Labute approximate surface area is 108 Å². The summed E-state index contributed by atoms with van der Waals surface area (Å²) in [6, 6.07) is 5.54. The molecule has 5 heteroatoms. The second-order valence-electron chi connectivity index (χ2n) is 4.45. The van der Waals surface area contributed by atoms with E-state index in [-0.39, 0.29) is 11.8 Å². The molecular weight excluding hydrogens is 250 g/mol. The summed E-state index contributed by atoms with van der Waals surface area (Å²) in [5.41, 5.74) is 0.841. The first-order valence-electron chi connectivity index (χ1n) is 6.23. The molecule has 0 fully saturated rings. The number of benzene rings is 1. The molecule has 1 atom stereocenters. The molecule has 100 valence electrons. The highest BCUT2D eigenvalue weighted by Crippen LogP contribution is 2.36. The van der Waals surface area contributed by atoms with E-state index in [4.69, 9.17) is 4.74 Å². The lowest BCUT2D eigenvalue weighted by Gasteiger charge is -2.19. The molecule has 1 aliphatic heterocycles. The number of hydrogen-bond acceptors (Lipinski definition) is 4. The molecule has 1 N–H and O–H groups in total. The Bertz CT molecular complexity index is 525. The summed E-state index contributed by atoms with van der Waals surface area (Å²) in [5, 5.41) is 3.35. The minimum Gasteiger partial charge on any atom is -0.495 e. The molecule has 1 unspecified atom stereocenters. The molecule has 4 nitrogen and oxygen atoms in total. The van der Waals surface area contributed by atoms with Crippen LogP contribution in [0.1, 0.15) is 31.4 Å². The van der Waals surface area contributed by atoms with Gasteiger partial charge in [-0.2, -0.15) is 0 Å². The summed E-state index contributed by atoms with van der Waals surface area (Å²) in [6.07, 6.45) is 1.52. The van der Waals surface area contributed by atoms with E-state index >= 15 is 0 Å². The van der Waals surface area contributed by atoms with Gasteiger partial charge >= 0.3 is 0 Å². The Hall–Kier alpha value is -1.07. The number of nitrogens with one attached hydrogen (secondary N) is 1. The molecule has 1 heterocycles. The van der Waals surface area contributed by atoms with Gasteiger partial charge < -0.3 is 10.1 Å². The fourth-order valence-corrected chi connectivity index (χ4v) is 4.27. The van der Waals surface area contributed by atoms with Crippen LogP contribution in [0.3, 0.4) is 0 Å². The SMILES string of the molecule is CCNC1CCCS(=O)(=O)c2c(OC)cccc21. The van der Waals surface area contributed by atoms with Gasteiger partial charge in [0.05, 0.1) is 12.9 Å². The molecule has 0 spiro atoms. The zero-order chi connectivity index (χ0) is 13.2. The van der Waals surface area contributed by atoms with Gasteiger partial charge in [0.25, 0.3) is 0 Å². The van der Waals surface area contributed by atoms with E-state index in [1.165, 1.54) is 7.11 Å². The topological polar surface area (TPSA) is 55.4 Å². The summed E-state index contributed by atoms with van der Waals surface area (Å²) in [6.45, 7) is 2.85. The van der Waals surface area contributed by atoms with Crippen molar-refractivity contribution in [2.24, 2.45) is 0 Å². The summed E-state index contributed by atoms with van der Waals surface area (Å²) < 4.78 is 29.9. The average Bonchev–Trinajstić information content (AvgIpc) is 2.48. The Kier molecular flexibility index (Phi) is 3.92. The van der Waals surface area contributed by atoms with Gasteiger partial charge in [0, 0.05) is 6.04 Å². The summed E-state index contributed by atoms with van der Waals surface area (Å²) in [4.78, 5) is 0.371. The number of fused-ring (bicyclic) bond motifs is 1. The molecule has 0 aliphatic carbocycles. The highest BCUT2D eigenvalue weighted by Gasteiger charge is 2.30. The average molecular weight is 269 g/mol. The third-order valence-electron chi connectivity index (χ3n) is 3.27. The lowest BCUT2D eigenvalue weighted by Crippen LogP contribution is -2.21. The predicted molar refractivity (Wildman–Crippen MR) is 70.7 cm³/mol. The Morgan fingerprint density at radius 2 is 2.22 bits per heavy atom. The van der Waals surface area contributed by atoms with Gasteiger partial charge in [-0.25, -0.2) is 8.42 Å². The molecule has 2 rings (SSSR count). The van der Waals surface area contributed by atoms with Crippen LogP contribution in [-0.2, 0) is 9.84 Å². The predicted octanol–water partition coefficient (Wildman–Crippen LogP) is 1.91. The maximum Gasteiger partial charge on any atom is 0.182 e. The van der Waals surface area contributed by atoms with Gasteiger partial charge in [0.1, 0.15) is 10.6 Å². The van der Waals surface area contributed by atoms with Crippen molar-refractivity contribution in [3.63, 3.8) is 0 Å². The van der Waals surface area contributed by atoms with E-state index in [9.17, 15) is 8.42 Å². The highest BCUT2D eigenvalue weighted by molar-refractivity contribution is 7.91. The van der Waals surface area contributed by atoms with Crippen molar-refractivity contribution in [2.45, 2.75) is 30.7 Å². The molecule has 0 amide bonds. The van der Waals surface area contributed by atoms with E-state index in [2.05, 4.69) is 5.32 Å². The van der Waals surface area contributed by atoms with Crippen molar-refractivity contribution in [3.05, 3.63) is 23.8 Å². The van der Waals surface area contributed by atoms with Gasteiger partial charge in [-0.1, -0.05) is 19.1 Å². The van der Waals surface area contributed by atoms with Crippen LogP contribution in [0.4, 0.5) is 0 Å². The molecule has 1 aromatic carbocycles. The molecule has 18 heavy (non-hydrogen) atoms. The standard InChI is InChI=1S/C13H19NO3S/c1-3-14-11-7-5-9-18(15,16)13-10(11)6-4-8-12(13)17-2/h4,6,8,11,14H,3,5,7,9H2,1-2H3.